The Bertz CT molecular complexity index is 504. The second-order valence-electron chi connectivity index (χ2n) is 3.66. The van der Waals surface area contributed by atoms with Crippen molar-refractivity contribution in [3.05, 3.63) is 42.0 Å². The van der Waals surface area contributed by atoms with Crippen LogP contribution in [0.2, 0.25) is 0 Å². The lowest BCUT2D eigenvalue weighted by atomic mass is 9.98. The first-order valence-corrected chi connectivity index (χ1v) is 5.15. The maximum atomic E-state index is 12.7. The molecule has 0 radical (unpaired) electrons. The number of hydrogen-bond acceptors (Lipinski definition) is 2. The second kappa shape index (κ2) is 5.84. The van der Waals surface area contributed by atoms with E-state index in [1.165, 1.54) is 0 Å². The van der Waals surface area contributed by atoms with Crippen LogP contribution in [0.1, 0.15) is 11.6 Å². The molecule has 0 saturated carbocycles. The molecule has 0 unspecified atom stereocenters. The molecule has 0 aliphatic carbocycles. The fourth-order valence-electron chi connectivity index (χ4n) is 1.91. The van der Waals surface area contributed by atoms with Gasteiger partial charge in [0.05, 0.1) is 13.2 Å². The molecule has 92 valence electrons. The van der Waals surface area contributed by atoms with E-state index in [-0.39, 0.29) is 12.4 Å². The van der Waals surface area contributed by atoms with E-state index in [2.05, 4.69) is 0 Å². The number of fused-ring (bicyclic) bond motifs is 1. The van der Waals surface area contributed by atoms with Crippen molar-refractivity contribution in [1.82, 2.24) is 0 Å². The first kappa shape index (κ1) is 13.7. The summed E-state index contributed by atoms with van der Waals surface area (Å²) in [5.41, 5.74) is 6.52. The highest BCUT2D eigenvalue weighted by Gasteiger charge is 2.15. The zero-order chi connectivity index (χ0) is 11.5. The van der Waals surface area contributed by atoms with E-state index in [1.807, 2.05) is 36.4 Å². The van der Waals surface area contributed by atoms with E-state index in [0.717, 1.165) is 16.3 Å². The lowest BCUT2D eigenvalue weighted by Gasteiger charge is -2.15. The SMILES string of the molecule is COc1ccc2ccccc2c1[C@H](N)CF.Cl. The number of methoxy groups -OCH3 is 1. The molecule has 0 aliphatic rings. The van der Waals surface area contributed by atoms with Gasteiger partial charge in [0.2, 0.25) is 0 Å². The first-order valence-electron chi connectivity index (χ1n) is 5.15. The van der Waals surface area contributed by atoms with Gasteiger partial charge in [-0.15, -0.1) is 12.4 Å². The molecule has 2 nitrogen and oxygen atoms in total. The van der Waals surface area contributed by atoms with E-state index in [1.54, 1.807) is 7.11 Å². The number of benzene rings is 2. The first-order chi connectivity index (χ1) is 7.77. The minimum atomic E-state index is -0.638. The van der Waals surface area contributed by atoms with Gasteiger partial charge in [-0.1, -0.05) is 30.3 Å². The molecule has 2 aromatic rings. The maximum absolute atomic E-state index is 12.7. The van der Waals surface area contributed by atoms with Crippen LogP contribution in [0.15, 0.2) is 36.4 Å². The van der Waals surface area contributed by atoms with Crippen LogP contribution in [0, 0.1) is 0 Å². The quantitative estimate of drug-likeness (QED) is 0.914. The Kier molecular flexibility index (Phi) is 4.73. The van der Waals surface area contributed by atoms with Gasteiger partial charge in [-0.2, -0.15) is 0 Å². The molecular weight excluding hydrogens is 241 g/mol. The van der Waals surface area contributed by atoms with Crippen molar-refractivity contribution in [2.24, 2.45) is 5.73 Å². The molecule has 17 heavy (non-hydrogen) atoms. The summed E-state index contributed by atoms with van der Waals surface area (Å²) in [5.74, 6) is 0.642. The zero-order valence-electron chi connectivity index (χ0n) is 9.52. The molecule has 0 aromatic heterocycles. The van der Waals surface area contributed by atoms with E-state index in [0.29, 0.717) is 5.75 Å². The Labute approximate surface area is 106 Å². The Hall–Kier alpha value is -1.32. The number of ether oxygens (including phenoxy) is 1. The molecule has 1 atom stereocenters. The molecule has 2 rings (SSSR count). The van der Waals surface area contributed by atoms with Gasteiger partial charge in [-0.3, -0.25) is 0 Å². The summed E-state index contributed by atoms with van der Waals surface area (Å²) in [7, 11) is 1.57. The standard InChI is InChI=1S/C13H14FNO.ClH/c1-16-12-7-6-9-4-2-3-5-10(9)13(12)11(15)8-14;/h2-7,11H,8,15H2,1H3;1H/t11-;/m1./s1. The summed E-state index contributed by atoms with van der Waals surface area (Å²) in [6.07, 6.45) is 0. The fourth-order valence-corrected chi connectivity index (χ4v) is 1.91. The molecule has 0 amide bonds. The Balaban J connectivity index is 0.00000144. The van der Waals surface area contributed by atoms with Crippen molar-refractivity contribution in [3.63, 3.8) is 0 Å². The van der Waals surface area contributed by atoms with Gasteiger partial charge in [-0.25, -0.2) is 4.39 Å². The van der Waals surface area contributed by atoms with Crippen molar-refractivity contribution >= 4 is 23.2 Å². The molecule has 0 heterocycles. The predicted molar refractivity (Wildman–Crippen MR) is 70.7 cm³/mol. The topological polar surface area (TPSA) is 35.2 Å². The van der Waals surface area contributed by atoms with E-state index >= 15 is 0 Å². The minimum Gasteiger partial charge on any atom is -0.496 e. The van der Waals surface area contributed by atoms with Gasteiger partial charge in [0.1, 0.15) is 12.4 Å². The highest BCUT2D eigenvalue weighted by atomic mass is 35.5. The van der Waals surface area contributed by atoms with Gasteiger partial charge >= 0.3 is 0 Å². The third-order valence-electron chi connectivity index (χ3n) is 2.69. The number of alkyl halides is 1. The van der Waals surface area contributed by atoms with Gasteiger partial charge < -0.3 is 10.5 Å². The van der Waals surface area contributed by atoms with E-state index in [9.17, 15) is 4.39 Å². The molecule has 2 N–H and O–H groups in total. The van der Waals surface area contributed by atoms with Crippen molar-refractivity contribution in [2.75, 3.05) is 13.8 Å². The van der Waals surface area contributed by atoms with Crippen LogP contribution < -0.4 is 10.5 Å². The lowest BCUT2D eigenvalue weighted by Crippen LogP contribution is -2.14. The summed E-state index contributed by atoms with van der Waals surface area (Å²) < 4.78 is 18.0. The summed E-state index contributed by atoms with van der Waals surface area (Å²) in [5, 5.41) is 1.99. The van der Waals surface area contributed by atoms with Gasteiger partial charge in [0.25, 0.3) is 0 Å². The number of rotatable bonds is 3. The molecule has 0 spiro atoms. The van der Waals surface area contributed by atoms with Crippen molar-refractivity contribution in [1.29, 1.82) is 0 Å². The highest BCUT2D eigenvalue weighted by Crippen LogP contribution is 2.32. The van der Waals surface area contributed by atoms with Crippen LogP contribution in [-0.2, 0) is 0 Å². The Morgan fingerprint density at radius 2 is 1.94 bits per heavy atom. The van der Waals surface area contributed by atoms with Crippen LogP contribution in [0.25, 0.3) is 10.8 Å². The van der Waals surface area contributed by atoms with Crippen LogP contribution in [0.4, 0.5) is 4.39 Å². The number of nitrogens with two attached hydrogens (primary N) is 1. The average molecular weight is 256 g/mol. The number of hydrogen-bond donors (Lipinski definition) is 1. The number of halogens is 2. The van der Waals surface area contributed by atoms with Gasteiger partial charge in [0, 0.05) is 5.56 Å². The van der Waals surface area contributed by atoms with E-state index < -0.39 is 12.7 Å². The molecule has 0 bridgehead atoms. The Morgan fingerprint density at radius 3 is 2.59 bits per heavy atom. The predicted octanol–water partition coefficient (Wildman–Crippen LogP) is 3.24. The van der Waals surface area contributed by atoms with Gasteiger partial charge in [-0.05, 0) is 16.8 Å². The molecule has 0 saturated heterocycles. The van der Waals surface area contributed by atoms with Crippen molar-refractivity contribution < 1.29 is 9.13 Å². The second-order valence-corrected chi connectivity index (χ2v) is 3.66. The monoisotopic (exact) mass is 255 g/mol. The third-order valence-corrected chi connectivity index (χ3v) is 2.69. The minimum absolute atomic E-state index is 0. The van der Waals surface area contributed by atoms with Crippen molar-refractivity contribution in [3.8, 4) is 5.75 Å². The van der Waals surface area contributed by atoms with Gasteiger partial charge in [0.15, 0.2) is 0 Å². The van der Waals surface area contributed by atoms with Crippen LogP contribution in [-0.4, -0.2) is 13.8 Å². The molecule has 4 heteroatoms. The Morgan fingerprint density at radius 1 is 1.24 bits per heavy atom. The third kappa shape index (κ3) is 2.51. The van der Waals surface area contributed by atoms with Crippen LogP contribution in [0.5, 0.6) is 5.75 Å². The van der Waals surface area contributed by atoms with E-state index in [4.69, 9.17) is 10.5 Å². The average Bonchev–Trinajstić information content (AvgIpc) is 2.36. The highest BCUT2D eigenvalue weighted by molar-refractivity contribution is 5.88. The molecule has 2 aromatic carbocycles. The zero-order valence-corrected chi connectivity index (χ0v) is 10.3. The normalized spacial score (nSPS) is 11.9. The molecular formula is C13H15ClFNO. The summed E-state index contributed by atoms with van der Waals surface area (Å²) in [6.45, 7) is -0.593. The maximum Gasteiger partial charge on any atom is 0.124 e. The lowest BCUT2D eigenvalue weighted by molar-refractivity contribution is 0.391. The van der Waals surface area contributed by atoms with Crippen molar-refractivity contribution in [2.45, 2.75) is 6.04 Å². The van der Waals surface area contributed by atoms with Crippen LogP contribution >= 0.6 is 12.4 Å². The summed E-state index contributed by atoms with van der Waals surface area (Å²) in [4.78, 5) is 0. The summed E-state index contributed by atoms with van der Waals surface area (Å²) in [6, 6.07) is 10.9. The largest absolute Gasteiger partial charge is 0.496 e. The summed E-state index contributed by atoms with van der Waals surface area (Å²) >= 11 is 0. The smallest absolute Gasteiger partial charge is 0.124 e. The molecule has 0 fully saturated rings. The van der Waals surface area contributed by atoms with Crippen LogP contribution in [0.3, 0.4) is 0 Å². The fraction of sp³-hybridized carbons (Fsp3) is 0.231. The molecule has 0 aliphatic heterocycles.